The summed E-state index contributed by atoms with van der Waals surface area (Å²) >= 11 is 4.19. The van der Waals surface area contributed by atoms with Gasteiger partial charge in [0.05, 0.1) is 18.8 Å². The third-order valence-electron chi connectivity index (χ3n) is 2.47. The van der Waals surface area contributed by atoms with Gasteiger partial charge in [0.25, 0.3) is 0 Å². The summed E-state index contributed by atoms with van der Waals surface area (Å²) in [4.78, 5) is 21.2. The zero-order chi connectivity index (χ0) is 14.0. The maximum atomic E-state index is 11.4. The molecule has 1 amide bonds. The Hall–Kier alpha value is -2.03. The Morgan fingerprint density at radius 2 is 2.42 bits per heavy atom. The third kappa shape index (κ3) is 3.05. The number of hydrazone groups is 1. The average molecular weight is 285 g/mol. The zero-order valence-electron chi connectivity index (χ0n) is 9.92. The first kappa shape index (κ1) is 13.4. The summed E-state index contributed by atoms with van der Waals surface area (Å²) in [6.07, 6.45) is 0.307. The predicted molar refractivity (Wildman–Crippen MR) is 68.4 cm³/mol. The molecule has 2 rings (SSSR count). The molecule has 1 aromatic heterocycles. The molecular formula is C10H11N3O5S. The fourth-order valence-corrected chi connectivity index (χ4v) is 1.61. The molecule has 0 spiro atoms. The monoisotopic (exact) mass is 285 g/mol. The second kappa shape index (κ2) is 5.31. The summed E-state index contributed by atoms with van der Waals surface area (Å²) in [7, 11) is 0. The molecule has 1 saturated heterocycles. The van der Waals surface area contributed by atoms with Gasteiger partial charge in [-0.25, -0.2) is 4.79 Å². The number of ether oxygens (including phenoxy) is 1. The average Bonchev–Trinajstić information content (AvgIpc) is 2.93. The summed E-state index contributed by atoms with van der Waals surface area (Å²) < 4.78 is 9.90. The lowest BCUT2D eigenvalue weighted by atomic mass is 10.3. The zero-order valence-corrected chi connectivity index (χ0v) is 10.8. The second-order valence-corrected chi connectivity index (χ2v) is 4.74. The van der Waals surface area contributed by atoms with Crippen molar-refractivity contribution < 1.29 is 18.9 Å². The van der Waals surface area contributed by atoms with Crippen LogP contribution >= 0.6 is 12.6 Å². The van der Waals surface area contributed by atoms with Crippen LogP contribution in [0.4, 0.5) is 10.7 Å². The van der Waals surface area contributed by atoms with Crippen LogP contribution < -0.4 is 0 Å². The van der Waals surface area contributed by atoms with Gasteiger partial charge in [0, 0.05) is 5.25 Å². The van der Waals surface area contributed by atoms with E-state index in [9.17, 15) is 14.9 Å². The molecule has 2 heterocycles. The number of furan rings is 1. The first-order valence-corrected chi connectivity index (χ1v) is 5.93. The van der Waals surface area contributed by atoms with Gasteiger partial charge in [0.2, 0.25) is 0 Å². The highest BCUT2D eigenvalue weighted by Crippen LogP contribution is 2.18. The summed E-state index contributed by atoms with van der Waals surface area (Å²) in [6, 6.07) is 2.60. The van der Waals surface area contributed by atoms with Crippen LogP contribution in [0.15, 0.2) is 21.7 Å². The summed E-state index contributed by atoms with van der Waals surface area (Å²) in [5.41, 5.74) is 0. The molecule has 0 aliphatic carbocycles. The molecule has 102 valence electrons. The molecular weight excluding hydrogens is 274 g/mol. The maximum absolute atomic E-state index is 11.4. The van der Waals surface area contributed by atoms with Gasteiger partial charge in [-0.05, 0) is 13.0 Å². The SMILES string of the molecule is CC(S)C1CN(/N=C/c2ccc([N+](=O)[O-])o2)C(=O)O1. The van der Waals surface area contributed by atoms with Crippen LogP contribution in [-0.4, -0.2) is 40.1 Å². The number of nitro groups is 1. The van der Waals surface area contributed by atoms with Crippen molar-refractivity contribution in [1.29, 1.82) is 0 Å². The normalized spacial score (nSPS) is 20.8. The minimum Gasteiger partial charge on any atom is -0.442 e. The number of hydrogen-bond acceptors (Lipinski definition) is 7. The largest absolute Gasteiger partial charge is 0.442 e. The fraction of sp³-hybridized carbons (Fsp3) is 0.400. The van der Waals surface area contributed by atoms with E-state index in [-0.39, 0.29) is 29.5 Å². The highest BCUT2D eigenvalue weighted by Gasteiger charge is 2.33. The van der Waals surface area contributed by atoms with Crippen molar-refractivity contribution >= 4 is 30.8 Å². The molecule has 1 fully saturated rings. The van der Waals surface area contributed by atoms with E-state index in [2.05, 4.69) is 17.7 Å². The van der Waals surface area contributed by atoms with E-state index in [1.54, 1.807) is 0 Å². The third-order valence-corrected chi connectivity index (χ3v) is 2.80. The highest BCUT2D eigenvalue weighted by molar-refractivity contribution is 7.81. The summed E-state index contributed by atoms with van der Waals surface area (Å²) in [6.45, 7) is 2.09. The Labute approximate surface area is 113 Å². The van der Waals surface area contributed by atoms with Crippen molar-refractivity contribution in [3.8, 4) is 0 Å². The van der Waals surface area contributed by atoms with Crippen LogP contribution in [0.25, 0.3) is 0 Å². The molecule has 0 aromatic carbocycles. The molecule has 0 N–H and O–H groups in total. The maximum Gasteiger partial charge on any atom is 0.433 e. The van der Waals surface area contributed by atoms with Crippen molar-refractivity contribution in [3.05, 3.63) is 28.0 Å². The molecule has 0 radical (unpaired) electrons. The standard InChI is InChI=1S/C10H11N3O5S/c1-6(19)8-5-12(10(14)18-8)11-4-7-2-3-9(17-7)13(15)16/h2-4,6,8,19H,5H2,1H3/b11-4+. The van der Waals surface area contributed by atoms with Crippen LogP contribution in [0.3, 0.4) is 0 Å². The minimum absolute atomic E-state index is 0.103. The van der Waals surface area contributed by atoms with E-state index >= 15 is 0 Å². The number of amides is 1. The predicted octanol–water partition coefficient (Wildman–Crippen LogP) is 1.66. The second-order valence-electron chi connectivity index (χ2n) is 3.92. The lowest BCUT2D eigenvalue weighted by Gasteiger charge is -2.09. The number of cyclic esters (lactones) is 1. The minimum atomic E-state index is -0.653. The molecule has 2 atom stereocenters. The Balaban J connectivity index is 2.02. The summed E-state index contributed by atoms with van der Waals surface area (Å²) in [5.74, 6) is -0.200. The lowest BCUT2D eigenvalue weighted by Crippen LogP contribution is -2.23. The van der Waals surface area contributed by atoms with Crippen molar-refractivity contribution in [2.75, 3.05) is 6.54 Å². The van der Waals surface area contributed by atoms with E-state index in [1.165, 1.54) is 18.3 Å². The number of carbonyl (C=O) groups is 1. The molecule has 1 aliphatic heterocycles. The molecule has 19 heavy (non-hydrogen) atoms. The van der Waals surface area contributed by atoms with Gasteiger partial charge >= 0.3 is 12.0 Å². The highest BCUT2D eigenvalue weighted by atomic mass is 32.1. The topological polar surface area (TPSA) is 98.2 Å². The Morgan fingerprint density at radius 3 is 2.95 bits per heavy atom. The van der Waals surface area contributed by atoms with E-state index < -0.39 is 11.0 Å². The van der Waals surface area contributed by atoms with Gasteiger partial charge in [-0.1, -0.05) is 0 Å². The van der Waals surface area contributed by atoms with Crippen LogP contribution in [0, 0.1) is 10.1 Å². The first-order valence-electron chi connectivity index (χ1n) is 5.42. The van der Waals surface area contributed by atoms with Crippen LogP contribution in [0.1, 0.15) is 12.7 Å². The van der Waals surface area contributed by atoms with Gasteiger partial charge in [0.15, 0.2) is 5.76 Å². The van der Waals surface area contributed by atoms with E-state index in [4.69, 9.17) is 9.15 Å². The quantitative estimate of drug-likeness (QED) is 0.392. The molecule has 1 aliphatic rings. The molecule has 2 unspecified atom stereocenters. The Morgan fingerprint density at radius 1 is 1.68 bits per heavy atom. The molecule has 0 bridgehead atoms. The first-order chi connectivity index (χ1) is 8.97. The van der Waals surface area contributed by atoms with E-state index in [0.717, 1.165) is 5.01 Å². The molecule has 1 aromatic rings. The lowest BCUT2D eigenvalue weighted by molar-refractivity contribution is -0.402. The Kier molecular flexibility index (Phi) is 3.74. The van der Waals surface area contributed by atoms with Crippen molar-refractivity contribution in [1.82, 2.24) is 5.01 Å². The number of rotatable bonds is 4. The van der Waals surface area contributed by atoms with E-state index in [1.807, 2.05) is 6.92 Å². The van der Waals surface area contributed by atoms with E-state index in [0.29, 0.717) is 0 Å². The van der Waals surface area contributed by atoms with Crippen LogP contribution in [0.5, 0.6) is 0 Å². The fourth-order valence-electron chi connectivity index (χ4n) is 1.45. The van der Waals surface area contributed by atoms with Gasteiger partial charge < -0.3 is 9.15 Å². The van der Waals surface area contributed by atoms with Gasteiger partial charge in [0.1, 0.15) is 11.0 Å². The van der Waals surface area contributed by atoms with Crippen molar-refractivity contribution in [2.24, 2.45) is 5.10 Å². The summed E-state index contributed by atoms with van der Waals surface area (Å²) in [5, 5.41) is 15.3. The van der Waals surface area contributed by atoms with Gasteiger partial charge in [-0.2, -0.15) is 22.7 Å². The van der Waals surface area contributed by atoms with Crippen LogP contribution in [-0.2, 0) is 4.74 Å². The number of carbonyl (C=O) groups excluding carboxylic acids is 1. The smallest absolute Gasteiger partial charge is 0.433 e. The van der Waals surface area contributed by atoms with Crippen LogP contribution in [0.2, 0.25) is 0 Å². The van der Waals surface area contributed by atoms with Crippen molar-refractivity contribution in [2.45, 2.75) is 18.3 Å². The molecule has 9 heteroatoms. The Bertz CT molecular complexity index is 527. The number of hydrogen-bond donors (Lipinski definition) is 1. The van der Waals surface area contributed by atoms with Crippen molar-refractivity contribution in [3.63, 3.8) is 0 Å². The molecule has 8 nitrogen and oxygen atoms in total. The molecule has 0 saturated carbocycles. The number of thiol groups is 1. The number of nitrogens with zero attached hydrogens (tertiary/aromatic N) is 3. The van der Waals surface area contributed by atoms with Gasteiger partial charge in [-0.15, -0.1) is 0 Å². The van der Waals surface area contributed by atoms with Gasteiger partial charge in [-0.3, -0.25) is 10.1 Å².